The lowest BCUT2D eigenvalue weighted by Gasteiger charge is -2.29. The molecule has 0 spiro atoms. The Labute approximate surface area is 120 Å². The van der Waals surface area contributed by atoms with Gasteiger partial charge in [0.15, 0.2) is 0 Å². The Balaban J connectivity index is 1.67. The zero-order chi connectivity index (χ0) is 14.4. The van der Waals surface area contributed by atoms with E-state index in [9.17, 15) is 10.2 Å². The lowest BCUT2D eigenvalue weighted by Crippen LogP contribution is -2.45. The van der Waals surface area contributed by atoms with Crippen molar-refractivity contribution >= 4 is 0 Å². The van der Waals surface area contributed by atoms with Crippen molar-refractivity contribution in [2.45, 2.75) is 50.9 Å². The average Bonchev–Trinajstić information content (AvgIpc) is 2.46. The predicted octanol–water partition coefficient (Wildman–Crippen LogP) is 1.63. The predicted molar refractivity (Wildman–Crippen MR) is 78.9 cm³/mol. The highest BCUT2D eigenvalue weighted by atomic mass is 16.5. The maximum Gasteiger partial charge on any atom is 0.119 e. The molecule has 0 aliphatic heterocycles. The number of benzene rings is 1. The Bertz CT molecular complexity index is 393. The third-order valence-electron chi connectivity index (χ3n) is 3.81. The van der Waals surface area contributed by atoms with Crippen LogP contribution < -0.4 is 10.1 Å². The van der Waals surface area contributed by atoms with Crippen molar-refractivity contribution in [3.63, 3.8) is 0 Å². The lowest BCUT2D eigenvalue weighted by atomic mass is 9.92. The minimum Gasteiger partial charge on any atom is -0.491 e. The highest BCUT2D eigenvalue weighted by molar-refractivity contribution is 5.26. The minimum absolute atomic E-state index is 0.109. The fraction of sp³-hybridized carbons (Fsp3) is 0.625. The third kappa shape index (κ3) is 4.78. The van der Waals surface area contributed by atoms with Crippen LogP contribution in [-0.2, 0) is 0 Å². The normalized spacial score (nSPS) is 24.4. The van der Waals surface area contributed by atoms with E-state index < -0.39 is 6.10 Å². The van der Waals surface area contributed by atoms with Gasteiger partial charge in [0, 0.05) is 12.6 Å². The molecule has 1 aliphatic carbocycles. The quantitative estimate of drug-likeness (QED) is 0.740. The molecule has 0 heterocycles. The molecule has 0 aromatic heterocycles. The van der Waals surface area contributed by atoms with Crippen LogP contribution in [0.25, 0.3) is 0 Å². The van der Waals surface area contributed by atoms with E-state index in [0.29, 0.717) is 6.54 Å². The van der Waals surface area contributed by atoms with Crippen LogP contribution in [0.3, 0.4) is 0 Å². The van der Waals surface area contributed by atoms with Gasteiger partial charge >= 0.3 is 0 Å². The van der Waals surface area contributed by atoms with Crippen LogP contribution in [0.15, 0.2) is 24.3 Å². The van der Waals surface area contributed by atoms with Crippen LogP contribution in [-0.4, -0.2) is 41.6 Å². The topological polar surface area (TPSA) is 61.7 Å². The largest absolute Gasteiger partial charge is 0.491 e. The number of ether oxygens (including phenoxy) is 1. The second-order valence-electron chi connectivity index (χ2n) is 5.64. The van der Waals surface area contributed by atoms with E-state index in [0.717, 1.165) is 31.4 Å². The van der Waals surface area contributed by atoms with E-state index >= 15 is 0 Å². The molecule has 1 aromatic rings. The number of aliphatic hydroxyl groups excluding tert-OH is 2. The highest BCUT2D eigenvalue weighted by Gasteiger charge is 2.23. The van der Waals surface area contributed by atoms with Crippen LogP contribution >= 0.6 is 0 Å². The zero-order valence-corrected chi connectivity index (χ0v) is 12.1. The van der Waals surface area contributed by atoms with Crippen molar-refractivity contribution in [1.29, 1.82) is 0 Å². The molecule has 3 unspecified atom stereocenters. The summed E-state index contributed by atoms with van der Waals surface area (Å²) in [6.45, 7) is 2.74. The molecular formula is C16H25NO3. The summed E-state index contributed by atoms with van der Waals surface area (Å²) >= 11 is 0. The number of hydrogen-bond donors (Lipinski definition) is 3. The molecule has 1 saturated carbocycles. The van der Waals surface area contributed by atoms with E-state index in [1.165, 1.54) is 5.56 Å². The summed E-state index contributed by atoms with van der Waals surface area (Å²) in [6, 6.07) is 7.88. The third-order valence-corrected chi connectivity index (χ3v) is 3.81. The van der Waals surface area contributed by atoms with Crippen molar-refractivity contribution in [2.75, 3.05) is 13.2 Å². The summed E-state index contributed by atoms with van der Waals surface area (Å²) in [7, 11) is 0. The Morgan fingerprint density at radius 1 is 1.25 bits per heavy atom. The van der Waals surface area contributed by atoms with E-state index in [1.54, 1.807) is 0 Å². The summed E-state index contributed by atoms with van der Waals surface area (Å²) in [4.78, 5) is 0. The van der Waals surface area contributed by atoms with Crippen LogP contribution in [0.4, 0.5) is 0 Å². The molecular weight excluding hydrogens is 254 g/mol. The zero-order valence-electron chi connectivity index (χ0n) is 12.1. The number of hydrogen-bond acceptors (Lipinski definition) is 4. The molecule has 1 aromatic carbocycles. The maximum absolute atomic E-state index is 9.91. The molecule has 4 heteroatoms. The first-order valence-electron chi connectivity index (χ1n) is 7.44. The summed E-state index contributed by atoms with van der Waals surface area (Å²) in [5.74, 6) is 0.771. The van der Waals surface area contributed by atoms with Gasteiger partial charge in [-0.05, 0) is 31.9 Å². The van der Waals surface area contributed by atoms with Gasteiger partial charge in [0.2, 0.25) is 0 Å². The monoisotopic (exact) mass is 279 g/mol. The highest BCUT2D eigenvalue weighted by Crippen LogP contribution is 2.18. The van der Waals surface area contributed by atoms with E-state index in [2.05, 4.69) is 5.32 Å². The Morgan fingerprint density at radius 2 is 1.95 bits per heavy atom. The van der Waals surface area contributed by atoms with E-state index in [-0.39, 0.29) is 18.8 Å². The average molecular weight is 279 g/mol. The van der Waals surface area contributed by atoms with Gasteiger partial charge in [-0.3, -0.25) is 0 Å². The van der Waals surface area contributed by atoms with Gasteiger partial charge in [-0.2, -0.15) is 0 Å². The van der Waals surface area contributed by atoms with Crippen LogP contribution in [0.5, 0.6) is 5.75 Å². The van der Waals surface area contributed by atoms with Gasteiger partial charge < -0.3 is 20.3 Å². The molecule has 112 valence electrons. The molecule has 4 nitrogen and oxygen atoms in total. The molecule has 1 fully saturated rings. The first-order chi connectivity index (χ1) is 9.65. The molecule has 0 radical (unpaired) electrons. The smallest absolute Gasteiger partial charge is 0.119 e. The number of nitrogens with one attached hydrogen (secondary N) is 1. The van der Waals surface area contributed by atoms with E-state index in [4.69, 9.17) is 4.74 Å². The van der Waals surface area contributed by atoms with Crippen LogP contribution in [0, 0.1) is 6.92 Å². The SMILES string of the molecule is Cc1ccc(OCC(O)CNC2CCCCC2O)cc1. The number of aryl methyl sites for hydroxylation is 1. The Hall–Kier alpha value is -1.10. The molecule has 0 bridgehead atoms. The van der Waals surface area contributed by atoms with Crippen molar-refractivity contribution in [3.8, 4) is 5.75 Å². The minimum atomic E-state index is -0.564. The Morgan fingerprint density at radius 3 is 2.65 bits per heavy atom. The first kappa shape index (κ1) is 15.3. The number of rotatable bonds is 6. The van der Waals surface area contributed by atoms with Gasteiger partial charge in [0.25, 0.3) is 0 Å². The van der Waals surface area contributed by atoms with Gasteiger partial charge in [-0.25, -0.2) is 0 Å². The summed E-state index contributed by atoms with van der Waals surface area (Å²) in [5.41, 5.74) is 1.19. The molecule has 0 saturated heterocycles. The fourth-order valence-electron chi connectivity index (χ4n) is 2.52. The molecule has 20 heavy (non-hydrogen) atoms. The van der Waals surface area contributed by atoms with Crippen molar-refractivity contribution < 1.29 is 14.9 Å². The maximum atomic E-state index is 9.91. The van der Waals surface area contributed by atoms with Crippen LogP contribution in [0.1, 0.15) is 31.2 Å². The first-order valence-corrected chi connectivity index (χ1v) is 7.44. The lowest BCUT2D eigenvalue weighted by molar-refractivity contribution is 0.0673. The summed E-state index contributed by atoms with van der Waals surface area (Å²) in [5, 5.41) is 23.0. The van der Waals surface area contributed by atoms with Crippen molar-refractivity contribution in [1.82, 2.24) is 5.32 Å². The van der Waals surface area contributed by atoms with Crippen molar-refractivity contribution in [3.05, 3.63) is 29.8 Å². The molecule has 3 atom stereocenters. The Kier molecular flexibility index (Phi) is 5.83. The summed E-state index contributed by atoms with van der Waals surface area (Å²) in [6.07, 6.45) is 3.23. The van der Waals surface area contributed by atoms with Crippen molar-refractivity contribution in [2.24, 2.45) is 0 Å². The van der Waals surface area contributed by atoms with Gasteiger partial charge in [0.05, 0.1) is 6.10 Å². The fourth-order valence-corrected chi connectivity index (χ4v) is 2.52. The molecule has 2 rings (SSSR count). The summed E-state index contributed by atoms with van der Waals surface area (Å²) < 4.78 is 5.54. The number of aliphatic hydroxyl groups is 2. The van der Waals surface area contributed by atoms with Gasteiger partial charge in [0.1, 0.15) is 18.5 Å². The molecule has 0 amide bonds. The second-order valence-corrected chi connectivity index (χ2v) is 5.64. The van der Waals surface area contributed by atoms with Gasteiger partial charge in [-0.15, -0.1) is 0 Å². The standard InChI is InChI=1S/C16H25NO3/c1-12-6-8-14(9-7-12)20-11-13(18)10-17-15-4-2-3-5-16(15)19/h6-9,13,15-19H,2-5,10-11H2,1H3. The van der Waals surface area contributed by atoms with E-state index in [1.807, 2.05) is 31.2 Å². The van der Waals surface area contributed by atoms with Crippen LogP contribution in [0.2, 0.25) is 0 Å². The molecule has 3 N–H and O–H groups in total. The van der Waals surface area contributed by atoms with Gasteiger partial charge in [-0.1, -0.05) is 30.5 Å². The molecule has 1 aliphatic rings. The second kappa shape index (κ2) is 7.62.